The summed E-state index contributed by atoms with van der Waals surface area (Å²) >= 11 is 0. The lowest BCUT2D eigenvalue weighted by Crippen LogP contribution is -2.53. The Morgan fingerprint density at radius 1 is 1.14 bits per heavy atom. The molecule has 3 heterocycles. The zero-order valence-electron chi connectivity index (χ0n) is 19.8. The van der Waals surface area contributed by atoms with Crippen molar-refractivity contribution in [2.75, 3.05) is 45.9 Å². The van der Waals surface area contributed by atoms with Crippen LogP contribution >= 0.6 is 0 Å². The Kier molecular flexibility index (Phi) is 7.50. The van der Waals surface area contributed by atoms with Gasteiger partial charge in [-0.25, -0.2) is 14.0 Å². The van der Waals surface area contributed by atoms with Crippen LogP contribution in [0.25, 0.3) is 0 Å². The Hall–Kier alpha value is -3.66. The third-order valence-corrected chi connectivity index (χ3v) is 6.20. The van der Waals surface area contributed by atoms with E-state index in [2.05, 4.69) is 10.2 Å². The second kappa shape index (κ2) is 10.7. The van der Waals surface area contributed by atoms with E-state index in [1.807, 2.05) is 6.92 Å². The van der Waals surface area contributed by atoms with Crippen LogP contribution in [0.1, 0.15) is 36.0 Å². The van der Waals surface area contributed by atoms with Gasteiger partial charge < -0.3 is 19.4 Å². The first-order valence-electron chi connectivity index (χ1n) is 11.7. The molecule has 2 aliphatic heterocycles. The van der Waals surface area contributed by atoms with Gasteiger partial charge in [0.15, 0.2) is 5.76 Å². The number of nitrogens with zero attached hydrogens (tertiary/aromatic N) is 3. The highest BCUT2D eigenvalue weighted by Gasteiger charge is 2.38. The number of hydrogen-bond acceptors (Lipinski definition) is 6. The molecule has 0 radical (unpaired) electrons. The lowest BCUT2D eigenvalue weighted by atomic mass is 9.94. The molecule has 1 atom stereocenters. The molecule has 35 heavy (non-hydrogen) atoms. The normalized spacial score (nSPS) is 19.1. The second-order valence-electron chi connectivity index (χ2n) is 8.31. The Morgan fingerprint density at radius 3 is 2.54 bits per heavy atom. The lowest BCUT2D eigenvalue weighted by molar-refractivity contribution is -0.139. The van der Waals surface area contributed by atoms with Crippen molar-refractivity contribution in [2.45, 2.75) is 19.9 Å². The summed E-state index contributed by atoms with van der Waals surface area (Å²) in [5, 5.41) is 2.83. The van der Waals surface area contributed by atoms with Crippen LogP contribution in [-0.4, -0.2) is 78.5 Å². The molecule has 1 unspecified atom stereocenters. The monoisotopic (exact) mass is 484 g/mol. The number of likely N-dealkylation sites (N-methyl/N-ethyl adjacent to an activating group) is 1. The number of carbonyl (C=O) groups is 3. The highest BCUT2D eigenvalue weighted by Crippen LogP contribution is 2.32. The van der Waals surface area contributed by atoms with Crippen LogP contribution in [0.3, 0.4) is 0 Å². The molecule has 1 fully saturated rings. The Bertz CT molecular complexity index is 1110. The van der Waals surface area contributed by atoms with E-state index in [0.717, 1.165) is 0 Å². The Labute approximate surface area is 203 Å². The molecular formula is C25H29FN4O5. The van der Waals surface area contributed by atoms with Crippen LogP contribution in [-0.2, 0) is 9.53 Å². The highest BCUT2D eigenvalue weighted by atomic mass is 19.1. The maximum atomic E-state index is 14.0. The number of halogens is 1. The number of furan rings is 1. The lowest BCUT2D eigenvalue weighted by Gasteiger charge is -2.40. The summed E-state index contributed by atoms with van der Waals surface area (Å²) in [5.74, 6) is -0.886. The first kappa shape index (κ1) is 24.5. The molecule has 0 aliphatic carbocycles. The van der Waals surface area contributed by atoms with Crippen molar-refractivity contribution in [3.8, 4) is 0 Å². The third kappa shape index (κ3) is 5.22. The van der Waals surface area contributed by atoms with Crippen molar-refractivity contribution in [3.05, 3.63) is 71.1 Å². The van der Waals surface area contributed by atoms with Gasteiger partial charge in [-0.05, 0) is 43.7 Å². The number of rotatable bonds is 7. The van der Waals surface area contributed by atoms with Gasteiger partial charge in [-0.1, -0.05) is 12.1 Å². The topological polar surface area (TPSA) is 95.3 Å². The number of carbonyl (C=O) groups excluding carboxylic acids is 3. The summed E-state index contributed by atoms with van der Waals surface area (Å²) in [6, 6.07) is 7.94. The fourth-order valence-electron chi connectivity index (χ4n) is 4.47. The molecule has 1 aromatic carbocycles. The fourth-order valence-corrected chi connectivity index (χ4v) is 4.47. The summed E-state index contributed by atoms with van der Waals surface area (Å²) in [6.45, 7) is 6.42. The van der Waals surface area contributed by atoms with E-state index < -0.39 is 17.8 Å². The maximum absolute atomic E-state index is 14.0. The molecule has 2 aliphatic rings. The molecule has 9 nitrogen and oxygen atoms in total. The molecule has 186 valence electrons. The Balaban J connectivity index is 1.61. The van der Waals surface area contributed by atoms with Crippen molar-refractivity contribution < 1.29 is 27.9 Å². The largest absolute Gasteiger partial charge is 0.463 e. The van der Waals surface area contributed by atoms with Crippen LogP contribution in [0.15, 0.2) is 58.3 Å². The van der Waals surface area contributed by atoms with Crippen molar-refractivity contribution in [1.82, 2.24) is 20.0 Å². The summed E-state index contributed by atoms with van der Waals surface area (Å²) in [7, 11) is 0. The molecule has 0 bridgehead atoms. The van der Waals surface area contributed by atoms with Gasteiger partial charge in [0.1, 0.15) is 5.82 Å². The molecule has 0 saturated carbocycles. The molecule has 0 spiro atoms. The van der Waals surface area contributed by atoms with E-state index in [0.29, 0.717) is 56.3 Å². The van der Waals surface area contributed by atoms with Crippen molar-refractivity contribution in [2.24, 2.45) is 0 Å². The quantitative estimate of drug-likeness (QED) is 0.608. The molecule has 2 aromatic rings. The van der Waals surface area contributed by atoms with Gasteiger partial charge in [-0.3, -0.25) is 14.6 Å². The van der Waals surface area contributed by atoms with Gasteiger partial charge in [0.25, 0.3) is 5.91 Å². The zero-order valence-corrected chi connectivity index (χ0v) is 19.8. The molecule has 10 heteroatoms. The third-order valence-electron chi connectivity index (χ3n) is 6.20. The van der Waals surface area contributed by atoms with Crippen LogP contribution in [0.4, 0.5) is 9.18 Å². The number of hydrogen-bond donors (Lipinski definition) is 1. The average molecular weight is 485 g/mol. The predicted molar refractivity (Wildman–Crippen MR) is 125 cm³/mol. The number of benzene rings is 1. The fraction of sp³-hybridized carbons (Fsp3) is 0.400. The molecule has 1 N–H and O–H groups in total. The van der Waals surface area contributed by atoms with Crippen LogP contribution in [0.2, 0.25) is 0 Å². The van der Waals surface area contributed by atoms with Crippen molar-refractivity contribution >= 4 is 17.9 Å². The summed E-state index contributed by atoms with van der Waals surface area (Å²) in [4.78, 5) is 44.0. The van der Waals surface area contributed by atoms with E-state index in [9.17, 15) is 18.8 Å². The van der Waals surface area contributed by atoms with E-state index in [1.165, 1.54) is 23.3 Å². The second-order valence-corrected chi connectivity index (χ2v) is 8.31. The average Bonchev–Trinajstić information content (AvgIpc) is 3.39. The van der Waals surface area contributed by atoms with Gasteiger partial charge in [0.2, 0.25) is 0 Å². The molecule has 4 rings (SSSR count). The van der Waals surface area contributed by atoms with Gasteiger partial charge in [0.05, 0.1) is 24.5 Å². The minimum Gasteiger partial charge on any atom is -0.463 e. The zero-order chi connectivity index (χ0) is 24.9. The Morgan fingerprint density at radius 2 is 1.91 bits per heavy atom. The number of ether oxygens (including phenoxy) is 1. The van der Waals surface area contributed by atoms with Gasteiger partial charge in [-0.15, -0.1) is 0 Å². The molecule has 1 saturated heterocycles. The van der Waals surface area contributed by atoms with Crippen molar-refractivity contribution in [1.29, 1.82) is 0 Å². The highest BCUT2D eigenvalue weighted by molar-refractivity contribution is 5.95. The maximum Gasteiger partial charge on any atom is 0.338 e. The predicted octanol–water partition coefficient (Wildman–Crippen LogP) is 2.78. The van der Waals surface area contributed by atoms with E-state index in [-0.39, 0.29) is 24.1 Å². The van der Waals surface area contributed by atoms with E-state index in [1.54, 1.807) is 36.1 Å². The number of piperazine rings is 1. The number of amides is 3. The van der Waals surface area contributed by atoms with E-state index >= 15 is 0 Å². The summed E-state index contributed by atoms with van der Waals surface area (Å²) in [5.41, 5.74) is 1.27. The number of esters is 1. The van der Waals surface area contributed by atoms with Gasteiger partial charge >= 0.3 is 12.0 Å². The molecular weight excluding hydrogens is 455 g/mol. The minimum atomic E-state index is -0.836. The van der Waals surface area contributed by atoms with E-state index in [4.69, 9.17) is 9.15 Å². The SMILES string of the molecule is CCOC(=O)C1=C(CN2CCN(C(=O)c3ccco3)CC2)N(CC)C(=O)NC1c1cccc(F)c1. The smallest absolute Gasteiger partial charge is 0.338 e. The van der Waals surface area contributed by atoms with Crippen LogP contribution in [0, 0.1) is 5.82 Å². The van der Waals surface area contributed by atoms with Crippen LogP contribution < -0.4 is 5.32 Å². The summed E-state index contributed by atoms with van der Waals surface area (Å²) < 4.78 is 24.6. The molecule has 1 aromatic heterocycles. The first-order valence-corrected chi connectivity index (χ1v) is 11.7. The van der Waals surface area contributed by atoms with Crippen LogP contribution in [0.5, 0.6) is 0 Å². The van der Waals surface area contributed by atoms with Gasteiger partial charge in [0, 0.05) is 45.0 Å². The summed E-state index contributed by atoms with van der Waals surface area (Å²) in [6.07, 6.45) is 1.47. The number of nitrogens with one attached hydrogen (secondary N) is 1. The first-order chi connectivity index (χ1) is 16.9. The minimum absolute atomic E-state index is 0.166. The number of urea groups is 1. The molecule has 3 amide bonds. The van der Waals surface area contributed by atoms with Crippen molar-refractivity contribution in [3.63, 3.8) is 0 Å². The standard InChI is InChI=1S/C25H29FN4O5/c1-3-30-19(16-28-10-12-29(13-11-28)23(31)20-9-6-14-35-20)21(24(32)34-4-2)22(27-25(30)33)17-7-5-8-18(26)15-17/h5-9,14-15,22H,3-4,10-13,16H2,1-2H3,(H,27,33). The van der Waals surface area contributed by atoms with Gasteiger partial charge in [-0.2, -0.15) is 0 Å².